The van der Waals surface area contributed by atoms with Gasteiger partial charge in [-0.25, -0.2) is 4.79 Å². The normalized spacial score (nSPS) is 18.7. The van der Waals surface area contributed by atoms with Gasteiger partial charge in [0.05, 0.1) is 7.11 Å². The Morgan fingerprint density at radius 3 is 2.31 bits per heavy atom. The molecule has 0 spiro atoms. The van der Waals surface area contributed by atoms with Gasteiger partial charge >= 0.3 is 12.1 Å². The second-order valence-electron chi connectivity index (χ2n) is 10.2. The Balaban J connectivity index is 2.46. The molecule has 10 heteroatoms. The Bertz CT molecular complexity index is 941. The van der Waals surface area contributed by atoms with Crippen molar-refractivity contribution in [3.05, 3.63) is 29.8 Å². The number of nitrogens with zero attached hydrogens (tertiary/aromatic N) is 1. The van der Waals surface area contributed by atoms with Crippen LogP contribution in [0.4, 0.5) is 4.79 Å². The minimum absolute atomic E-state index is 0.0724. The number of carbonyl (C=O) groups is 4. The van der Waals surface area contributed by atoms with Crippen molar-refractivity contribution >= 4 is 23.9 Å². The molecule has 0 heterocycles. The van der Waals surface area contributed by atoms with Crippen molar-refractivity contribution in [2.45, 2.75) is 71.7 Å². The third kappa shape index (κ3) is 7.87. The summed E-state index contributed by atoms with van der Waals surface area (Å²) in [5.41, 5.74) is -0.378. The van der Waals surface area contributed by atoms with Crippen molar-refractivity contribution in [1.82, 2.24) is 15.5 Å². The van der Waals surface area contributed by atoms with Crippen molar-refractivity contribution < 1.29 is 33.8 Å². The summed E-state index contributed by atoms with van der Waals surface area (Å²) in [6, 6.07) is 3.69. The quantitative estimate of drug-likeness (QED) is 0.452. The largest absolute Gasteiger partial charge is 0.508 e. The van der Waals surface area contributed by atoms with Crippen LogP contribution in [-0.2, 0) is 23.9 Å². The number of esters is 1. The molecule has 3 amide bonds. The minimum atomic E-state index is -1.14. The number of alkyl carbamates (subject to hydrolysis) is 1. The fourth-order valence-electron chi connectivity index (χ4n) is 3.74. The van der Waals surface area contributed by atoms with Crippen molar-refractivity contribution in [1.29, 1.82) is 0 Å². The first kappa shape index (κ1) is 27.9. The van der Waals surface area contributed by atoms with E-state index in [1.165, 1.54) is 24.1 Å². The maximum Gasteiger partial charge on any atom is 0.408 e. The number of hydrogen-bond donors (Lipinski definition) is 3. The fourth-order valence-corrected chi connectivity index (χ4v) is 3.74. The number of hydrogen-bond acceptors (Lipinski definition) is 7. The van der Waals surface area contributed by atoms with Gasteiger partial charge in [-0.15, -0.1) is 0 Å². The lowest BCUT2D eigenvalue weighted by Gasteiger charge is -2.36. The SMILES string of the molecule is COC(=O)CNC(=O)C(c1cccc(O)c1)N(C(=O)C(NC(=O)OC(C)(C)C)C(C)C)C1CC1C. The highest BCUT2D eigenvalue weighted by Crippen LogP contribution is 2.41. The van der Waals surface area contributed by atoms with E-state index in [1.54, 1.807) is 46.8 Å². The molecule has 35 heavy (non-hydrogen) atoms. The zero-order valence-electron chi connectivity index (χ0n) is 21.5. The molecular formula is C25H37N3O7. The van der Waals surface area contributed by atoms with Gasteiger partial charge < -0.3 is 30.1 Å². The molecule has 0 saturated heterocycles. The van der Waals surface area contributed by atoms with E-state index < -0.39 is 41.6 Å². The highest BCUT2D eigenvalue weighted by atomic mass is 16.6. The molecule has 4 unspecified atom stereocenters. The monoisotopic (exact) mass is 491 g/mol. The zero-order valence-corrected chi connectivity index (χ0v) is 21.5. The number of rotatable bonds is 9. The van der Waals surface area contributed by atoms with Crippen LogP contribution in [0, 0.1) is 11.8 Å². The summed E-state index contributed by atoms with van der Waals surface area (Å²) in [4.78, 5) is 52.9. The smallest absolute Gasteiger partial charge is 0.408 e. The van der Waals surface area contributed by atoms with Crippen LogP contribution < -0.4 is 10.6 Å². The standard InChI is InChI=1S/C25H37N3O7/c1-14(2)20(27-24(33)35-25(4,5)6)23(32)28(18-11-15(18)3)21(16-9-8-10-17(29)12-16)22(31)26-13-19(30)34-7/h8-10,12,14-15,18,20-21,29H,11,13H2,1-7H3,(H,26,31)(H,27,33). The van der Waals surface area contributed by atoms with Crippen LogP contribution in [0.5, 0.6) is 5.75 Å². The third-order valence-electron chi connectivity index (χ3n) is 5.63. The van der Waals surface area contributed by atoms with E-state index >= 15 is 0 Å². The molecule has 1 saturated carbocycles. The maximum absolute atomic E-state index is 13.9. The zero-order chi connectivity index (χ0) is 26.5. The first-order chi connectivity index (χ1) is 16.2. The fraction of sp³-hybridized carbons (Fsp3) is 0.600. The number of phenolic OH excluding ortho intramolecular Hbond substituents is 1. The van der Waals surface area contributed by atoms with Crippen molar-refractivity contribution in [3.63, 3.8) is 0 Å². The van der Waals surface area contributed by atoms with Crippen LogP contribution >= 0.6 is 0 Å². The Morgan fingerprint density at radius 1 is 1.20 bits per heavy atom. The highest BCUT2D eigenvalue weighted by molar-refractivity contribution is 5.93. The molecule has 0 aromatic heterocycles. The molecule has 1 aromatic carbocycles. The lowest BCUT2D eigenvalue weighted by molar-refractivity contribution is -0.146. The van der Waals surface area contributed by atoms with Crippen LogP contribution in [0.3, 0.4) is 0 Å². The highest BCUT2D eigenvalue weighted by Gasteiger charge is 2.48. The van der Waals surface area contributed by atoms with Gasteiger partial charge in [0, 0.05) is 6.04 Å². The molecule has 1 fully saturated rings. The molecule has 2 rings (SSSR count). The van der Waals surface area contributed by atoms with E-state index in [4.69, 9.17) is 4.74 Å². The molecule has 1 aliphatic rings. The molecule has 0 radical (unpaired) electrons. The van der Waals surface area contributed by atoms with E-state index in [-0.39, 0.29) is 30.2 Å². The van der Waals surface area contributed by atoms with Gasteiger partial charge in [0.25, 0.3) is 0 Å². The number of carbonyl (C=O) groups excluding carboxylic acids is 4. The molecule has 4 atom stereocenters. The topological polar surface area (TPSA) is 134 Å². The van der Waals surface area contributed by atoms with Crippen LogP contribution in [0.2, 0.25) is 0 Å². The molecule has 3 N–H and O–H groups in total. The number of amides is 3. The number of phenols is 1. The lowest BCUT2D eigenvalue weighted by Crippen LogP contribution is -2.56. The number of ether oxygens (including phenoxy) is 2. The Labute approximate surface area is 206 Å². The number of benzene rings is 1. The second kappa shape index (κ2) is 11.4. The van der Waals surface area contributed by atoms with Crippen molar-refractivity contribution in [2.24, 2.45) is 11.8 Å². The maximum atomic E-state index is 13.9. The average molecular weight is 492 g/mol. The van der Waals surface area contributed by atoms with Gasteiger partial charge in [-0.1, -0.05) is 32.9 Å². The molecule has 10 nitrogen and oxygen atoms in total. The van der Waals surface area contributed by atoms with Crippen molar-refractivity contribution in [2.75, 3.05) is 13.7 Å². The van der Waals surface area contributed by atoms with Crippen LogP contribution in [0.25, 0.3) is 0 Å². The van der Waals surface area contributed by atoms with Gasteiger partial charge in [0.1, 0.15) is 30.0 Å². The van der Waals surface area contributed by atoms with Gasteiger partial charge in [-0.3, -0.25) is 14.4 Å². The lowest BCUT2D eigenvalue weighted by atomic mass is 9.98. The average Bonchev–Trinajstić information content (AvgIpc) is 3.47. The summed E-state index contributed by atoms with van der Waals surface area (Å²) < 4.78 is 9.95. The molecule has 1 aromatic rings. The Morgan fingerprint density at radius 2 is 1.83 bits per heavy atom. The Kier molecular flexibility index (Phi) is 9.12. The number of nitrogens with one attached hydrogen (secondary N) is 2. The first-order valence-corrected chi connectivity index (χ1v) is 11.7. The molecule has 1 aliphatic carbocycles. The van der Waals surface area contributed by atoms with E-state index in [2.05, 4.69) is 15.4 Å². The van der Waals surface area contributed by atoms with E-state index in [1.807, 2.05) is 6.92 Å². The minimum Gasteiger partial charge on any atom is -0.508 e. The molecule has 0 aliphatic heterocycles. The third-order valence-corrected chi connectivity index (χ3v) is 5.63. The van der Waals surface area contributed by atoms with E-state index in [0.29, 0.717) is 12.0 Å². The summed E-state index contributed by atoms with van der Waals surface area (Å²) in [7, 11) is 1.21. The van der Waals surface area contributed by atoms with Gasteiger partial charge in [0.2, 0.25) is 11.8 Å². The van der Waals surface area contributed by atoms with Gasteiger partial charge in [-0.05, 0) is 56.7 Å². The predicted molar refractivity (Wildman–Crippen MR) is 128 cm³/mol. The summed E-state index contributed by atoms with van der Waals surface area (Å²) in [6.45, 7) is 10.3. The number of methoxy groups -OCH3 is 1. The van der Waals surface area contributed by atoms with Gasteiger partial charge in [-0.2, -0.15) is 0 Å². The molecule has 194 valence electrons. The first-order valence-electron chi connectivity index (χ1n) is 11.7. The van der Waals surface area contributed by atoms with Crippen molar-refractivity contribution in [3.8, 4) is 5.75 Å². The summed E-state index contributed by atoms with van der Waals surface area (Å²) in [6.07, 6.45) is -0.0693. The van der Waals surface area contributed by atoms with Crippen LogP contribution in [0.15, 0.2) is 24.3 Å². The molecular weight excluding hydrogens is 454 g/mol. The summed E-state index contributed by atoms with van der Waals surface area (Å²) in [5.74, 6) is -1.96. The van der Waals surface area contributed by atoms with Gasteiger partial charge in [0.15, 0.2) is 0 Å². The van der Waals surface area contributed by atoms with E-state index in [9.17, 15) is 24.3 Å². The van der Waals surface area contributed by atoms with E-state index in [0.717, 1.165) is 0 Å². The summed E-state index contributed by atoms with van der Waals surface area (Å²) >= 11 is 0. The van der Waals surface area contributed by atoms with Crippen LogP contribution in [-0.4, -0.2) is 65.2 Å². The Hall–Kier alpha value is -3.30. The molecule has 0 bridgehead atoms. The second-order valence-corrected chi connectivity index (χ2v) is 10.2. The summed E-state index contributed by atoms with van der Waals surface area (Å²) in [5, 5.41) is 15.3. The number of aromatic hydroxyl groups is 1. The van der Waals surface area contributed by atoms with Crippen LogP contribution in [0.1, 0.15) is 59.6 Å². The predicted octanol–water partition coefficient (Wildman–Crippen LogP) is 2.51.